The minimum absolute atomic E-state index is 0.00118. The van der Waals surface area contributed by atoms with Crippen molar-refractivity contribution in [3.05, 3.63) is 76.0 Å². The van der Waals surface area contributed by atoms with E-state index in [-0.39, 0.29) is 24.3 Å². The summed E-state index contributed by atoms with van der Waals surface area (Å²) in [5.41, 5.74) is 1.98. The van der Waals surface area contributed by atoms with Crippen LogP contribution in [0, 0.1) is 0 Å². The van der Waals surface area contributed by atoms with E-state index in [9.17, 15) is 9.59 Å². The fourth-order valence-corrected chi connectivity index (χ4v) is 4.78. The molecule has 3 aromatic rings. The number of ether oxygens (including phenoxy) is 2. The van der Waals surface area contributed by atoms with Crippen molar-refractivity contribution in [1.29, 1.82) is 0 Å². The Kier molecular flexibility index (Phi) is 6.85. The van der Waals surface area contributed by atoms with E-state index in [1.54, 1.807) is 9.25 Å². The largest absolute Gasteiger partial charge is 0.454 e. The number of benzene rings is 2. The number of likely N-dealkylation sites (tertiary alicyclic amines) is 1. The predicted octanol–water partition coefficient (Wildman–Crippen LogP) is 2.34. The monoisotopic (exact) mass is 477 g/mol. The van der Waals surface area contributed by atoms with Gasteiger partial charge in [0.2, 0.25) is 12.7 Å². The molecule has 1 fully saturated rings. The molecule has 35 heavy (non-hydrogen) atoms. The average Bonchev–Trinajstić information content (AvgIpc) is 3.47. The van der Waals surface area contributed by atoms with Gasteiger partial charge in [-0.15, -0.1) is 0 Å². The summed E-state index contributed by atoms with van der Waals surface area (Å²) in [7, 11) is 0. The SMILES string of the molecule is CCn1c(C2CCN(CC(=O)NCc3ccc4c(c3)OCO4)CC2)nn(Cc2ccccc2)c1=O. The predicted molar refractivity (Wildman–Crippen MR) is 131 cm³/mol. The van der Waals surface area contributed by atoms with Gasteiger partial charge >= 0.3 is 5.69 Å². The van der Waals surface area contributed by atoms with Crippen molar-refractivity contribution in [3.8, 4) is 11.5 Å². The first kappa shape index (κ1) is 23.2. The molecule has 0 bridgehead atoms. The molecule has 1 saturated heterocycles. The van der Waals surface area contributed by atoms with Gasteiger partial charge in [0, 0.05) is 19.0 Å². The maximum Gasteiger partial charge on any atom is 0.346 e. The Morgan fingerprint density at radius 2 is 1.83 bits per heavy atom. The summed E-state index contributed by atoms with van der Waals surface area (Å²) < 4.78 is 14.1. The summed E-state index contributed by atoms with van der Waals surface area (Å²) in [5.74, 6) is 2.53. The molecular weight excluding hydrogens is 446 g/mol. The molecule has 1 aromatic heterocycles. The van der Waals surface area contributed by atoms with E-state index in [4.69, 9.17) is 14.6 Å². The molecule has 0 spiro atoms. The first-order chi connectivity index (χ1) is 17.1. The normalized spacial score (nSPS) is 15.9. The third kappa shape index (κ3) is 5.24. The van der Waals surface area contributed by atoms with Crippen LogP contribution in [0.15, 0.2) is 53.3 Å². The van der Waals surface area contributed by atoms with Crippen LogP contribution in [0.25, 0.3) is 0 Å². The third-order valence-electron chi connectivity index (χ3n) is 6.69. The number of hydrogen-bond donors (Lipinski definition) is 1. The van der Waals surface area contributed by atoms with Crippen LogP contribution >= 0.6 is 0 Å². The number of amides is 1. The van der Waals surface area contributed by atoms with Gasteiger partial charge in [-0.2, -0.15) is 5.10 Å². The Morgan fingerprint density at radius 3 is 2.60 bits per heavy atom. The maximum atomic E-state index is 12.9. The van der Waals surface area contributed by atoms with Crippen LogP contribution < -0.4 is 20.5 Å². The Hall–Kier alpha value is -3.59. The number of nitrogens with zero attached hydrogens (tertiary/aromatic N) is 4. The fourth-order valence-electron chi connectivity index (χ4n) is 4.78. The zero-order valence-corrected chi connectivity index (χ0v) is 20.0. The van der Waals surface area contributed by atoms with E-state index in [2.05, 4.69) is 10.2 Å². The first-order valence-electron chi connectivity index (χ1n) is 12.2. The van der Waals surface area contributed by atoms with Gasteiger partial charge in [-0.3, -0.25) is 14.3 Å². The highest BCUT2D eigenvalue weighted by Gasteiger charge is 2.27. The number of carbonyl (C=O) groups excluding carboxylic acids is 1. The van der Waals surface area contributed by atoms with Gasteiger partial charge < -0.3 is 14.8 Å². The minimum Gasteiger partial charge on any atom is -0.454 e. The molecule has 9 heteroatoms. The van der Waals surface area contributed by atoms with E-state index in [1.807, 2.05) is 55.5 Å². The van der Waals surface area contributed by atoms with Gasteiger partial charge in [0.15, 0.2) is 11.5 Å². The average molecular weight is 478 g/mol. The van der Waals surface area contributed by atoms with Crippen LogP contribution in [0.4, 0.5) is 0 Å². The maximum absolute atomic E-state index is 12.9. The fraction of sp³-hybridized carbons (Fsp3) is 0.423. The highest BCUT2D eigenvalue weighted by atomic mass is 16.7. The van der Waals surface area contributed by atoms with Crippen LogP contribution in [0.1, 0.15) is 42.6 Å². The second kappa shape index (κ2) is 10.4. The molecule has 0 atom stereocenters. The van der Waals surface area contributed by atoms with Gasteiger partial charge in [0.05, 0.1) is 13.1 Å². The highest BCUT2D eigenvalue weighted by Crippen LogP contribution is 2.32. The van der Waals surface area contributed by atoms with Crippen LogP contribution in [0.2, 0.25) is 0 Å². The Balaban J connectivity index is 1.14. The molecular formula is C26H31N5O4. The summed E-state index contributed by atoms with van der Waals surface area (Å²) >= 11 is 0. The van der Waals surface area contributed by atoms with E-state index in [1.165, 1.54) is 0 Å². The molecule has 2 aliphatic heterocycles. The van der Waals surface area contributed by atoms with Crippen LogP contribution in [-0.4, -0.2) is 51.6 Å². The van der Waals surface area contributed by atoms with E-state index in [0.717, 1.165) is 54.4 Å². The molecule has 1 N–H and O–H groups in total. The van der Waals surface area contributed by atoms with E-state index >= 15 is 0 Å². The number of aromatic nitrogens is 3. The summed E-state index contributed by atoms with van der Waals surface area (Å²) in [4.78, 5) is 27.6. The molecule has 2 aromatic carbocycles. The molecule has 2 aliphatic rings. The smallest absolute Gasteiger partial charge is 0.346 e. The second-order valence-corrected chi connectivity index (χ2v) is 9.04. The molecule has 9 nitrogen and oxygen atoms in total. The van der Waals surface area contributed by atoms with Crippen LogP contribution in [0.5, 0.6) is 11.5 Å². The summed E-state index contributed by atoms with van der Waals surface area (Å²) in [6.07, 6.45) is 1.74. The number of fused-ring (bicyclic) bond motifs is 1. The second-order valence-electron chi connectivity index (χ2n) is 9.04. The molecule has 0 saturated carbocycles. The molecule has 0 aliphatic carbocycles. The number of nitrogens with one attached hydrogen (secondary N) is 1. The van der Waals surface area contributed by atoms with Crippen molar-refractivity contribution in [2.45, 2.75) is 45.3 Å². The van der Waals surface area contributed by atoms with Crippen molar-refractivity contribution in [3.63, 3.8) is 0 Å². The summed E-state index contributed by atoms with van der Waals surface area (Å²) in [6, 6.07) is 15.6. The summed E-state index contributed by atoms with van der Waals surface area (Å²) in [5, 5.41) is 7.72. The quantitative estimate of drug-likeness (QED) is 0.536. The summed E-state index contributed by atoms with van der Waals surface area (Å²) in [6.45, 7) is 5.71. The molecule has 184 valence electrons. The first-order valence-corrected chi connectivity index (χ1v) is 12.2. The topological polar surface area (TPSA) is 90.6 Å². The van der Waals surface area contributed by atoms with Crippen LogP contribution in [0.3, 0.4) is 0 Å². The van der Waals surface area contributed by atoms with Gasteiger partial charge in [0.25, 0.3) is 0 Å². The lowest BCUT2D eigenvalue weighted by molar-refractivity contribution is -0.122. The molecule has 5 rings (SSSR count). The van der Waals surface area contributed by atoms with Gasteiger partial charge in [-0.05, 0) is 56.1 Å². The Morgan fingerprint density at radius 1 is 1.06 bits per heavy atom. The third-order valence-corrected chi connectivity index (χ3v) is 6.69. The highest BCUT2D eigenvalue weighted by molar-refractivity contribution is 5.78. The van der Waals surface area contributed by atoms with E-state index < -0.39 is 0 Å². The zero-order valence-electron chi connectivity index (χ0n) is 20.0. The number of hydrogen-bond acceptors (Lipinski definition) is 6. The van der Waals surface area contributed by atoms with E-state index in [0.29, 0.717) is 26.2 Å². The van der Waals surface area contributed by atoms with Gasteiger partial charge in [0.1, 0.15) is 5.82 Å². The standard InChI is InChI=1S/C26H31N5O4/c1-2-30-25(28-31(26(30)33)16-19-6-4-3-5-7-19)21-10-12-29(13-11-21)17-24(32)27-15-20-8-9-22-23(14-20)35-18-34-22/h3-9,14,21H,2,10-13,15-18H2,1H3,(H,27,32). The van der Waals surface area contributed by atoms with Crippen molar-refractivity contribution in [2.75, 3.05) is 26.4 Å². The van der Waals surface area contributed by atoms with Crippen molar-refractivity contribution < 1.29 is 14.3 Å². The number of carbonyl (C=O) groups is 1. The molecule has 0 unspecified atom stereocenters. The minimum atomic E-state index is -0.0586. The van der Waals surface area contributed by atoms with Gasteiger partial charge in [-0.1, -0.05) is 36.4 Å². The lowest BCUT2D eigenvalue weighted by Crippen LogP contribution is -2.41. The van der Waals surface area contributed by atoms with Crippen LogP contribution in [-0.2, 0) is 24.4 Å². The molecule has 1 amide bonds. The number of piperidine rings is 1. The lowest BCUT2D eigenvalue weighted by Gasteiger charge is -2.30. The molecule has 3 heterocycles. The Bertz CT molecular complexity index is 1230. The van der Waals surface area contributed by atoms with Crippen molar-refractivity contribution in [1.82, 2.24) is 24.6 Å². The van der Waals surface area contributed by atoms with Crippen molar-refractivity contribution >= 4 is 5.91 Å². The van der Waals surface area contributed by atoms with Crippen molar-refractivity contribution in [2.24, 2.45) is 0 Å². The Labute approximate surface area is 204 Å². The van der Waals surface area contributed by atoms with Gasteiger partial charge in [-0.25, -0.2) is 9.48 Å². The molecule has 0 radical (unpaired) electrons. The zero-order chi connectivity index (χ0) is 24.2. The lowest BCUT2D eigenvalue weighted by atomic mass is 9.96. The number of rotatable bonds is 8.